The van der Waals surface area contributed by atoms with Crippen LogP contribution in [0.1, 0.15) is 18.5 Å². The van der Waals surface area contributed by atoms with Crippen molar-refractivity contribution in [2.75, 3.05) is 0 Å². The minimum absolute atomic E-state index is 0.572. The first kappa shape index (κ1) is 12.5. The zero-order chi connectivity index (χ0) is 13.1. The van der Waals surface area contributed by atoms with Crippen LogP contribution in [0.15, 0.2) is 42.5 Å². The van der Waals surface area contributed by atoms with Crippen molar-refractivity contribution in [3.8, 4) is 11.6 Å². The summed E-state index contributed by atoms with van der Waals surface area (Å²) in [6, 6.07) is 13.9. The van der Waals surface area contributed by atoms with Crippen LogP contribution < -0.4 is 10.1 Å². The van der Waals surface area contributed by atoms with Crippen LogP contribution in [0.2, 0.25) is 5.02 Å². The van der Waals surface area contributed by atoms with Gasteiger partial charge < -0.3 is 10.1 Å². The van der Waals surface area contributed by atoms with Crippen LogP contribution >= 0.6 is 11.6 Å². The number of nitrogens with one attached hydrogen (secondary N) is 1. The average molecular weight is 275 g/mol. The van der Waals surface area contributed by atoms with Gasteiger partial charge in [-0.1, -0.05) is 29.8 Å². The maximum atomic E-state index is 6.15. The topological polar surface area (TPSA) is 34.1 Å². The molecule has 1 aliphatic carbocycles. The molecule has 1 N–H and O–H groups in total. The van der Waals surface area contributed by atoms with Crippen molar-refractivity contribution < 1.29 is 4.74 Å². The van der Waals surface area contributed by atoms with Crippen LogP contribution in [0.25, 0.3) is 0 Å². The maximum absolute atomic E-state index is 6.15. The van der Waals surface area contributed by atoms with Crippen LogP contribution in [0, 0.1) is 0 Å². The number of halogens is 1. The summed E-state index contributed by atoms with van der Waals surface area (Å²) in [5.74, 6) is 1.35. The number of benzene rings is 1. The number of ether oxygens (including phenoxy) is 1. The molecule has 0 amide bonds. The highest BCUT2D eigenvalue weighted by molar-refractivity contribution is 6.31. The Morgan fingerprint density at radius 3 is 2.68 bits per heavy atom. The number of rotatable bonds is 5. The van der Waals surface area contributed by atoms with Crippen LogP contribution in [-0.4, -0.2) is 11.0 Å². The number of hydrogen-bond acceptors (Lipinski definition) is 3. The third kappa shape index (κ3) is 3.46. The molecule has 0 atom stereocenters. The van der Waals surface area contributed by atoms with Crippen molar-refractivity contribution in [3.05, 3.63) is 53.2 Å². The minimum Gasteiger partial charge on any atom is -0.439 e. The molecule has 0 saturated heterocycles. The molecule has 4 heteroatoms. The van der Waals surface area contributed by atoms with Gasteiger partial charge in [0.15, 0.2) is 0 Å². The van der Waals surface area contributed by atoms with Gasteiger partial charge in [0, 0.05) is 18.7 Å². The Hall–Kier alpha value is -1.58. The Balaban J connectivity index is 1.72. The molecule has 1 heterocycles. The molecule has 1 aromatic carbocycles. The lowest BCUT2D eigenvalue weighted by molar-refractivity contribution is 0.459. The number of hydrogen-bond donors (Lipinski definition) is 1. The standard InChI is InChI=1S/C15H15ClN2O/c16-13-8-9-15(19-12-4-2-1-3-5-12)18-14(13)10-17-11-6-7-11/h1-5,8-9,11,17H,6-7,10H2. The molecule has 1 aliphatic rings. The molecule has 19 heavy (non-hydrogen) atoms. The Kier molecular flexibility index (Phi) is 3.67. The summed E-state index contributed by atoms with van der Waals surface area (Å²) in [6.07, 6.45) is 2.50. The van der Waals surface area contributed by atoms with Crippen LogP contribution in [0.4, 0.5) is 0 Å². The van der Waals surface area contributed by atoms with Gasteiger partial charge in [-0.05, 0) is 31.0 Å². The third-order valence-electron chi connectivity index (χ3n) is 2.99. The number of aromatic nitrogens is 1. The third-order valence-corrected chi connectivity index (χ3v) is 3.34. The molecule has 0 radical (unpaired) electrons. The summed E-state index contributed by atoms with van der Waals surface area (Å²) in [5, 5.41) is 4.08. The zero-order valence-electron chi connectivity index (χ0n) is 10.5. The molecule has 0 bridgehead atoms. The number of pyridine rings is 1. The molecule has 0 unspecified atom stereocenters. The molecule has 1 saturated carbocycles. The van der Waals surface area contributed by atoms with E-state index in [2.05, 4.69) is 10.3 Å². The van der Waals surface area contributed by atoms with Gasteiger partial charge >= 0.3 is 0 Å². The van der Waals surface area contributed by atoms with E-state index in [9.17, 15) is 0 Å². The fraction of sp³-hybridized carbons (Fsp3) is 0.267. The van der Waals surface area contributed by atoms with Crippen molar-refractivity contribution in [3.63, 3.8) is 0 Å². The molecule has 0 aliphatic heterocycles. The minimum atomic E-state index is 0.572. The van der Waals surface area contributed by atoms with E-state index >= 15 is 0 Å². The van der Waals surface area contributed by atoms with Gasteiger partial charge in [0.2, 0.25) is 5.88 Å². The highest BCUT2D eigenvalue weighted by atomic mass is 35.5. The van der Waals surface area contributed by atoms with Gasteiger partial charge in [-0.25, -0.2) is 4.98 Å². The van der Waals surface area contributed by atoms with Crippen LogP contribution in [0.5, 0.6) is 11.6 Å². The lowest BCUT2D eigenvalue weighted by atomic mass is 10.3. The Bertz CT molecular complexity index is 555. The molecule has 98 valence electrons. The van der Waals surface area contributed by atoms with E-state index in [1.807, 2.05) is 36.4 Å². The Labute approximate surface area is 117 Å². The summed E-state index contributed by atoms with van der Waals surface area (Å²) in [7, 11) is 0. The van der Waals surface area contributed by atoms with Gasteiger partial charge in [-0.3, -0.25) is 0 Å². The van der Waals surface area contributed by atoms with E-state index in [1.54, 1.807) is 6.07 Å². The largest absolute Gasteiger partial charge is 0.439 e. The molecular weight excluding hydrogens is 260 g/mol. The zero-order valence-corrected chi connectivity index (χ0v) is 11.2. The summed E-state index contributed by atoms with van der Waals surface area (Å²) in [6.45, 7) is 0.690. The van der Waals surface area contributed by atoms with Crippen molar-refractivity contribution in [1.82, 2.24) is 10.3 Å². The summed E-state index contributed by atoms with van der Waals surface area (Å²) < 4.78 is 5.70. The summed E-state index contributed by atoms with van der Waals surface area (Å²) >= 11 is 6.15. The molecule has 3 nitrogen and oxygen atoms in total. The second-order valence-corrected chi connectivity index (χ2v) is 5.06. The van der Waals surface area contributed by atoms with Crippen molar-refractivity contribution >= 4 is 11.6 Å². The fourth-order valence-electron chi connectivity index (χ4n) is 1.78. The SMILES string of the molecule is Clc1ccc(Oc2ccccc2)nc1CNC1CC1. The van der Waals surface area contributed by atoms with Crippen molar-refractivity contribution in [2.24, 2.45) is 0 Å². The smallest absolute Gasteiger partial charge is 0.219 e. The first-order chi connectivity index (χ1) is 9.31. The summed E-state index contributed by atoms with van der Waals surface area (Å²) in [4.78, 5) is 4.45. The average Bonchev–Trinajstić information content (AvgIpc) is 3.25. The van der Waals surface area contributed by atoms with E-state index in [0.29, 0.717) is 23.5 Å². The van der Waals surface area contributed by atoms with E-state index < -0.39 is 0 Å². The summed E-state index contributed by atoms with van der Waals surface area (Å²) in [5.41, 5.74) is 0.835. The highest BCUT2D eigenvalue weighted by Crippen LogP contribution is 2.24. The van der Waals surface area contributed by atoms with Gasteiger partial charge in [0.05, 0.1) is 10.7 Å². The molecular formula is C15H15ClN2O. The van der Waals surface area contributed by atoms with Gasteiger partial charge in [0.1, 0.15) is 5.75 Å². The molecule has 1 fully saturated rings. The second-order valence-electron chi connectivity index (χ2n) is 4.65. The maximum Gasteiger partial charge on any atom is 0.219 e. The number of para-hydroxylation sites is 1. The van der Waals surface area contributed by atoms with Crippen LogP contribution in [-0.2, 0) is 6.54 Å². The Morgan fingerprint density at radius 2 is 1.95 bits per heavy atom. The Morgan fingerprint density at radius 1 is 1.16 bits per heavy atom. The lowest BCUT2D eigenvalue weighted by Crippen LogP contribution is -2.16. The van der Waals surface area contributed by atoms with Crippen LogP contribution in [0.3, 0.4) is 0 Å². The van der Waals surface area contributed by atoms with E-state index in [4.69, 9.17) is 16.3 Å². The molecule has 0 spiro atoms. The van der Waals surface area contributed by atoms with Crippen molar-refractivity contribution in [2.45, 2.75) is 25.4 Å². The molecule has 1 aromatic heterocycles. The van der Waals surface area contributed by atoms with Gasteiger partial charge in [-0.15, -0.1) is 0 Å². The lowest BCUT2D eigenvalue weighted by Gasteiger charge is -2.08. The van der Waals surface area contributed by atoms with E-state index in [-0.39, 0.29) is 0 Å². The van der Waals surface area contributed by atoms with Crippen molar-refractivity contribution in [1.29, 1.82) is 0 Å². The normalized spacial score (nSPS) is 14.4. The highest BCUT2D eigenvalue weighted by Gasteiger charge is 2.20. The predicted molar refractivity (Wildman–Crippen MR) is 75.6 cm³/mol. The molecule has 3 rings (SSSR count). The quantitative estimate of drug-likeness (QED) is 0.901. The first-order valence-electron chi connectivity index (χ1n) is 6.43. The first-order valence-corrected chi connectivity index (χ1v) is 6.81. The van der Waals surface area contributed by atoms with Gasteiger partial charge in [0.25, 0.3) is 0 Å². The second kappa shape index (κ2) is 5.59. The van der Waals surface area contributed by atoms with E-state index in [1.165, 1.54) is 12.8 Å². The molecule has 2 aromatic rings. The predicted octanol–water partition coefficient (Wildman–Crippen LogP) is 3.78. The number of nitrogens with zero attached hydrogens (tertiary/aromatic N) is 1. The monoisotopic (exact) mass is 274 g/mol. The van der Waals surface area contributed by atoms with Gasteiger partial charge in [-0.2, -0.15) is 0 Å². The fourth-order valence-corrected chi connectivity index (χ4v) is 1.95. The van der Waals surface area contributed by atoms with E-state index in [0.717, 1.165) is 11.4 Å².